The first-order chi connectivity index (χ1) is 19.7. The van der Waals surface area contributed by atoms with Crippen molar-refractivity contribution in [3.63, 3.8) is 0 Å². The highest BCUT2D eigenvalue weighted by Gasteiger charge is 2.23. The maximum atomic E-state index is 11.3. The van der Waals surface area contributed by atoms with Crippen molar-refractivity contribution in [3.8, 4) is 34.8 Å². The van der Waals surface area contributed by atoms with Gasteiger partial charge in [-0.05, 0) is 68.7 Å². The highest BCUT2D eigenvalue weighted by molar-refractivity contribution is 5.76. The van der Waals surface area contributed by atoms with Crippen molar-refractivity contribution in [2.75, 3.05) is 20.3 Å². The van der Waals surface area contributed by atoms with Crippen molar-refractivity contribution in [2.24, 2.45) is 0 Å². The first-order valence-electron chi connectivity index (χ1n) is 12.7. The molecule has 4 aromatic rings. The van der Waals surface area contributed by atoms with E-state index in [9.17, 15) is 14.7 Å². The molecule has 0 saturated heterocycles. The third-order valence-electron chi connectivity index (χ3n) is 5.97. The molecule has 1 amide bonds. The molecule has 2 N–H and O–H groups in total. The van der Waals surface area contributed by atoms with Gasteiger partial charge in [0, 0.05) is 5.56 Å². The second-order valence-electron chi connectivity index (χ2n) is 8.96. The van der Waals surface area contributed by atoms with Gasteiger partial charge in [0.15, 0.2) is 0 Å². The molecule has 0 bridgehead atoms. The second-order valence-corrected chi connectivity index (χ2v) is 8.96. The zero-order valence-corrected chi connectivity index (χ0v) is 23.3. The fourth-order valence-corrected chi connectivity index (χ4v) is 3.67. The Morgan fingerprint density at radius 1 is 0.951 bits per heavy atom. The largest absolute Gasteiger partial charge is 0.497 e. The van der Waals surface area contributed by atoms with Crippen molar-refractivity contribution in [1.82, 2.24) is 9.88 Å². The summed E-state index contributed by atoms with van der Waals surface area (Å²) in [6.07, 6.45) is -1.30. The number of aromatic nitrogens is 1. The smallest absolute Gasteiger partial charge is 0.408 e. The van der Waals surface area contributed by atoms with E-state index in [1.54, 1.807) is 38.3 Å². The summed E-state index contributed by atoms with van der Waals surface area (Å²) in [5.41, 5.74) is 3.48. The highest BCUT2D eigenvalue weighted by atomic mass is 16.5. The Labute approximate surface area is 239 Å². The third kappa shape index (κ3) is 9.18. The number of benzene rings is 3. The minimum Gasteiger partial charge on any atom is -0.497 e. The molecule has 9 nitrogen and oxygen atoms in total. The van der Waals surface area contributed by atoms with Crippen LogP contribution in [0.2, 0.25) is 0 Å². The van der Waals surface area contributed by atoms with Crippen LogP contribution in [0.15, 0.2) is 83.3 Å². The number of nitrogens with zero attached hydrogens (tertiary/aromatic N) is 2. The monoisotopic (exact) mass is 556 g/mol. The standard InChI is InChI=1S/C24H22N2O6.C8H10O/c1-16-21(32-23(25-16)19-7-4-3-5-8-19)9-6-14-31-20-12-10-18(11-13-20)17(2)26(24(29)30)15-22(27)28;1-7-3-5-8(9-2)6-4-7/h3-5,7-8,10-13,17H,14-15H2,1-2H3,(H,27,28)(H,29,30);3-6H,1-2H3/t17-;/m0./s1. The Morgan fingerprint density at radius 3 is 2.17 bits per heavy atom. The molecular weight excluding hydrogens is 524 g/mol. The molecule has 0 fully saturated rings. The van der Waals surface area contributed by atoms with E-state index in [0.717, 1.165) is 16.2 Å². The number of ether oxygens (including phenoxy) is 2. The molecule has 0 radical (unpaired) electrons. The van der Waals surface area contributed by atoms with Crippen LogP contribution >= 0.6 is 0 Å². The minimum absolute atomic E-state index is 0.121. The van der Waals surface area contributed by atoms with Crippen LogP contribution < -0.4 is 9.47 Å². The molecule has 212 valence electrons. The number of aliphatic carboxylic acids is 1. The molecule has 1 heterocycles. The zero-order chi connectivity index (χ0) is 29.8. The number of hydrogen-bond acceptors (Lipinski definition) is 6. The molecule has 4 rings (SSSR count). The van der Waals surface area contributed by atoms with Gasteiger partial charge in [0.1, 0.15) is 24.7 Å². The summed E-state index contributed by atoms with van der Waals surface area (Å²) < 4.78 is 16.3. The van der Waals surface area contributed by atoms with Crippen molar-refractivity contribution >= 4 is 12.1 Å². The lowest BCUT2D eigenvalue weighted by molar-refractivity contribution is -0.138. The molecule has 0 saturated carbocycles. The molecule has 0 unspecified atom stereocenters. The maximum Gasteiger partial charge on any atom is 0.408 e. The van der Waals surface area contributed by atoms with Crippen molar-refractivity contribution < 1.29 is 33.7 Å². The van der Waals surface area contributed by atoms with E-state index in [1.807, 2.05) is 61.5 Å². The molecule has 41 heavy (non-hydrogen) atoms. The van der Waals surface area contributed by atoms with Crippen LogP contribution in [-0.4, -0.2) is 52.4 Å². The summed E-state index contributed by atoms with van der Waals surface area (Å²) in [5.74, 6) is 7.05. The van der Waals surface area contributed by atoms with Crippen LogP contribution in [0.5, 0.6) is 11.5 Å². The number of aryl methyl sites for hydroxylation is 2. The van der Waals surface area contributed by atoms with E-state index in [2.05, 4.69) is 23.7 Å². The predicted molar refractivity (Wildman–Crippen MR) is 154 cm³/mol. The quantitative estimate of drug-likeness (QED) is 0.246. The number of oxazole rings is 1. The maximum absolute atomic E-state index is 11.3. The number of methoxy groups -OCH3 is 1. The van der Waals surface area contributed by atoms with E-state index in [-0.39, 0.29) is 6.61 Å². The average molecular weight is 557 g/mol. The van der Waals surface area contributed by atoms with Gasteiger partial charge >= 0.3 is 12.1 Å². The predicted octanol–water partition coefficient (Wildman–Crippen LogP) is 6.21. The summed E-state index contributed by atoms with van der Waals surface area (Å²) in [4.78, 5) is 27.5. The van der Waals surface area contributed by atoms with Crippen LogP contribution in [0, 0.1) is 25.7 Å². The van der Waals surface area contributed by atoms with Gasteiger partial charge in [0.25, 0.3) is 0 Å². The zero-order valence-electron chi connectivity index (χ0n) is 23.3. The van der Waals surface area contributed by atoms with Gasteiger partial charge in [-0.15, -0.1) is 0 Å². The third-order valence-corrected chi connectivity index (χ3v) is 5.97. The van der Waals surface area contributed by atoms with E-state index in [1.165, 1.54) is 5.56 Å². The number of carboxylic acids is 1. The van der Waals surface area contributed by atoms with Gasteiger partial charge in [0.05, 0.1) is 18.8 Å². The first kappa shape index (κ1) is 30.3. The lowest BCUT2D eigenvalue weighted by Crippen LogP contribution is -2.36. The first-order valence-corrected chi connectivity index (χ1v) is 12.7. The number of rotatable bonds is 8. The Bertz CT molecular complexity index is 1490. The van der Waals surface area contributed by atoms with E-state index >= 15 is 0 Å². The molecule has 1 atom stereocenters. The van der Waals surface area contributed by atoms with Crippen LogP contribution in [0.3, 0.4) is 0 Å². The molecule has 0 aliphatic heterocycles. The van der Waals surface area contributed by atoms with Gasteiger partial charge in [-0.1, -0.05) is 53.9 Å². The number of amides is 1. The Morgan fingerprint density at radius 2 is 1.59 bits per heavy atom. The van der Waals surface area contributed by atoms with Crippen LogP contribution in [0.4, 0.5) is 4.79 Å². The van der Waals surface area contributed by atoms with Gasteiger partial charge in [-0.3, -0.25) is 9.69 Å². The number of carbonyl (C=O) groups is 2. The van der Waals surface area contributed by atoms with Crippen molar-refractivity contribution in [2.45, 2.75) is 26.8 Å². The lowest BCUT2D eigenvalue weighted by atomic mass is 10.1. The van der Waals surface area contributed by atoms with Crippen molar-refractivity contribution in [3.05, 3.63) is 101 Å². The summed E-state index contributed by atoms with van der Waals surface area (Å²) in [6, 6.07) is 23.6. The fourth-order valence-electron chi connectivity index (χ4n) is 3.67. The Balaban J connectivity index is 0.000000436. The summed E-state index contributed by atoms with van der Waals surface area (Å²) in [7, 11) is 1.67. The van der Waals surface area contributed by atoms with E-state index < -0.39 is 24.6 Å². The Hall–Kier alpha value is -5.23. The van der Waals surface area contributed by atoms with E-state index in [0.29, 0.717) is 28.7 Å². The minimum atomic E-state index is -1.30. The van der Waals surface area contributed by atoms with E-state index in [4.69, 9.17) is 19.0 Å². The van der Waals surface area contributed by atoms with Gasteiger partial charge in [0.2, 0.25) is 11.7 Å². The highest BCUT2D eigenvalue weighted by Crippen LogP contribution is 2.23. The summed E-state index contributed by atoms with van der Waals surface area (Å²) in [5, 5.41) is 18.1. The second kappa shape index (κ2) is 14.8. The van der Waals surface area contributed by atoms with Gasteiger partial charge in [-0.25, -0.2) is 9.78 Å². The molecule has 0 aliphatic rings. The Kier molecular flexibility index (Phi) is 10.9. The fraction of sp³-hybridized carbons (Fsp3) is 0.219. The van der Waals surface area contributed by atoms with Gasteiger partial charge in [-0.2, -0.15) is 0 Å². The summed E-state index contributed by atoms with van der Waals surface area (Å²) >= 11 is 0. The van der Waals surface area contributed by atoms with Crippen molar-refractivity contribution in [1.29, 1.82) is 0 Å². The summed E-state index contributed by atoms with van der Waals surface area (Å²) in [6.45, 7) is 5.03. The van der Waals surface area contributed by atoms with Crippen LogP contribution in [0.1, 0.15) is 35.5 Å². The molecule has 9 heteroatoms. The molecule has 1 aromatic heterocycles. The van der Waals surface area contributed by atoms with Gasteiger partial charge < -0.3 is 24.1 Å². The molecular formula is C32H32N2O7. The molecule has 0 aliphatic carbocycles. The molecule has 3 aromatic carbocycles. The number of carboxylic acid groups (broad SMARTS) is 2. The average Bonchev–Trinajstić information content (AvgIpc) is 3.35. The van der Waals surface area contributed by atoms with Crippen LogP contribution in [0.25, 0.3) is 11.5 Å². The topological polar surface area (TPSA) is 122 Å². The SMILES string of the molecule is COc1ccc(C)cc1.Cc1nc(-c2ccccc2)oc1C#CCOc1ccc([C@H](C)N(CC(=O)O)C(=O)O)cc1. The normalized spacial score (nSPS) is 10.7. The number of hydrogen-bond donors (Lipinski definition) is 2. The lowest BCUT2D eigenvalue weighted by Gasteiger charge is -2.25. The van der Waals surface area contributed by atoms with Crippen LogP contribution in [-0.2, 0) is 4.79 Å². The molecule has 0 spiro atoms.